The van der Waals surface area contributed by atoms with Crippen LogP contribution in [0.3, 0.4) is 0 Å². The lowest BCUT2D eigenvalue weighted by Crippen LogP contribution is -2.07. The monoisotopic (exact) mass is 402 g/mol. The summed E-state index contributed by atoms with van der Waals surface area (Å²) in [6, 6.07) is 17.5. The molecule has 0 aliphatic carbocycles. The maximum absolute atomic E-state index is 12.2. The molecule has 0 aliphatic rings. The van der Waals surface area contributed by atoms with Crippen LogP contribution in [0, 0.1) is 13.8 Å². The number of nitrogens with zero attached hydrogens (tertiary/aromatic N) is 3. The predicted octanol–water partition coefficient (Wildman–Crippen LogP) is 5.13. The first kappa shape index (κ1) is 18.8. The fourth-order valence-electron chi connectivity index (χ4n) is 2.75. The molecule has 7 heteroatoms. The van der Waals surface area contributed by atoms with Gasteiger partial charge in [0.2, 0.25) is 11.7 Å². The number of hydrogen-bond acceptors (Lipinski definition) is 6. The average molecular weight is 402 g/mol. The Kier molecular flexibility index (Phi) is 5.31. The van der Waals surface area contributed by atoms with Crippen molar-refractivity contribution in [2.45, 2.75) is 13.8 Å². The summed E-state index contributed by atoms with van der Waals surface area (Å²) < 4.78 is 5.43. The van der Waals surface area contributed by atoms with Gasteiger partial charge in [-0.25, -0.2) is 4.98 Å². The molecule has 1 amide bonds. The van der Waals surface area contributed by atoms with Crippen molar-refractivity contribution in [3.8, 4) is 22.2 Å². The van der Waals surface area contributed by atoms with Crippen LogP contribution in [0.1, 0.15) is 16.8 Å². The van der Waals surface area contributed by atoms with Crippen LogP contribution < -0.4 is 5.32 Å². The highest BCUT2D eigenvalue weighted by Crippen LogP contribution is 2.32. The first-order chi connectivity index (χ1) is 14.1. The molecule has 144 valence electrons. The van der Waals surface area contributed by atoms with Gasteiger partial charge in [0.25, 0.3) is 5.89 Å². The van der Waals surface area contributed by atoms with Crippen LogP contribution in [0.5, 0.6) is 0 Å². The van der Waals surface area contributed by atoms with Crippen LogP contribution in [0.2, 0.25) is 0 Å². The smallest absolute Gasteiger partial charge is 0.270 e. The van der Waals surface area contributed by atoms with Crippen molar-refractivity contribution in [1.29, 1.82) is 0 Å². The molecule has 2 aromatic heterocycles. The van der Waals surface area contributed by atoms with E-state index in [9.17, 15) is 4.79 Å². The molecule has 4 aromatic rings. The van der Waals surface area contributed by atoms with E-state index in [1.165, 1.54) is 17.4 Å². The van der Waals surface area contributed by atoms with Crippen LogP contribution >= 0.6 is 11.3 Å². The SMILES string of the molecule is Cc1cccc(-c2noc(-c3sc(NC(=O)/C=C/c4ccccc4)nc3C)n2)c1. The molecule has 0 saturated heterocycles. The summed E-state index contributed by atoms with van der Waals surface area (Å²) in [5, 5.41) is 7.34. The van der Waals surface area contributed by atoms with Gasteiger partial charge in [-0.1, -0.05) is 70.6 Å². The molecule has 0 spiro atoms. The quantitative estimate of drug-likeness (QED) is 0.468. The Balaban J connectivity index is 1.50. The van der Waals surface area contributed by atoms with Crippen LogP contribution in [0.4, 0.5) is 5.13 Å². The molecule has 2 aromatic carbocycles. The molecule has 29 heavy (non-hydrogen) atoms. The number of benzene rings is 2. The van der Waals surface area contributed by atoms with E-state index in [4.69, 9.17) is 4.52 Å². The summed E-state index contributed by atoms with van der Waals surface area (Å²) in [6.45, 7) is 3.86. The summed E-state index contributed by atoms with van der Waals surface area (Å²) in [7, 11) is 0. The van der Waals surface area contributed by atoms with Gasteiger partial charge in [-0.15, -0.1) is 0 Å². The molecule has 6 nitrogen and oxygen atoms in total. The highest BCUT2D eigenvalue weighted by molar-refractivity contribution is 7.19. The van der Waals surface area contributed by atoms with Crippen LogP contribution in [-0.4, -0.2) is 21.0 Å². The van der Waals surface area contributed by atoms with Crippen molar-refractivity contribution in [2.24, 2.45) is 0 Å². The molecule has 0 aliphatic heterocycles. The Morgan fingerprint density at radius 3 is 2.69 bits per heavy atom. The number of carbonyl (C=O) groups is 1. The Labute approximate surface area is 171 Å². The maximum atomic E-state index is 12.2. The lowest BCUT2D eigenvalue weighted by atomic mass is 10.1. The normalized spacial score (nSPS) is 11.1. The second kappa shape index (κ2) is 8.20. The molecule has 0 radical (unpaired) electrons. The van der Waals surface area contributed by atoms with Gasteiger partial charge in [-0.05, 0) is 31.6 Å². The summed E-state index contributed by atoms with van der Waals surface area (Å²) >= 11 is 1.30. The number of anilines is 1. The number of rotatable bonds is 5. The minimum Gasteiger partial charge on any atom is -0.333 e. The van der Waals surface area contributed by atoms with Crippen molar-refractivity contribution in [2.75, 3.05) is 5.32 Å². The zero-order valence-corrected chi connectivity index (χ0v) is 16.7. The molecule has 1 N–H and O–H groups in total. The molecule has 0 saturated carbocycles. The van der Waals surface area contributed by atoms with E-state index >= 15 is 0 Å². The van der Waals surface area contributed by atoms with E-state index in [-0.39, 0.29) is 5.91 Å². The zero-order chi connectivity index (χ0) is 20.2. The number of amides is 1. The minimum absolute atomic E-state index is 0.250. The van der Waals surface area contributed by atoms with Gasteiger partial charge in [0.15, 0.2) is 5.13 Å². The third-order valence-corrected chi connectivity index (χ3v) is 5.21. The second-order valence-electron chi connectivity index (χ2n) is 6.46. The van der Waals surface area contributed by atoms with Gasteiger partial charge in [0.1, 0.15) is 4.88 Å². The van der Waals surface area contributed by atoms with E-state index in [2.05, 4.69) is 20.4 Å². The summed E-state index contributed by atoms with van der Waals surface area (Å²) in [5.41, 5.74) is 3.68. The van der Waals surface area contributed by atoms with Crippen LogP contribution in [0.25, 0.3) is 28.2 Å². The van der Waals surface area contributed by atoms with Crippen molar-refractivity contribution in [1.82, 2.24) is 15.1 Å². The number of carbonyl (C=O) groups excluding carboxylic acids is 1. The van der Waals surface area contributed by atoms with Crippen LogP contribution in [-0.2, 0) is 4.79 Å². The number of hydrogen-bond donors (Lipinski definition) is 1. The van der Waals surface area contributed by atoms with Gasteiger partial charge in [-0.3, -0.25) is 10.1 Å². The first-order valence-corrected chi connectivity index (χ1v) is 9.83. The van der Waals surface area contributed by atoms with E-state index in [0.717, 1.165) is 27.3 Å². The number of aryl methyl sites for hydroxylation is 2. The van der Waals surface area contributed by atoms with Crippen molar-refractivity contribution < 1.29 is 9.32 Å². The lowest BCUT2D eigenvalue weighted by Gasteiger charge is -1.95. The predicted molar refractivity (Wildman–Crippen MR) is 114 cm³/mol. The highest BCUT2D eigenvalue weighted by atomic mass is 32.1. The summed E-state index contributed by atoms with van der Waals surface area (Å²) in [4.78, 5) is 21.8. The number of aromatic nitrogens is 3. The topological polar surface area (TPSA) is 80.9 Å². The number of nitrogens with one attached hydrogen (secondary N) is 1. The van der Waals surface area contributed by atoms with Gasteiger partial charge >= 0.3 is 0 Å². The fourth-order valence-corrected chi connectivity index (χ4v) is 3.64. The fraction of sp³-hybridized carbons (Fsp3) is 0.0909. The first-order valence-electron chi connectivity index (χ1n) is 9.01. The van der Waals surface area contributed by atoms with Crippen LogP contribution in [0.15, 0.2) is 65.2 Å². The molecular weight excluding hydrogens is 384 g/mol. The summed E-state index contributed by atoms with van der Waals surface area (Å²) in [5.74, 6) is 0.657. The lowest BCUT2D eigenvalue weighted by molar-refractivity contribution is -0.111. The number of thiazole rings is 1. The minimum atomic E-state index is -0.250. The van der Waals surface area contributed by atoms with E-state index in [1.807, 2.05) is 68.4 Å². The molecule has 0 unspecified atom stereocenters. The van der Waals surface area contributed by atoms with Crippen molar-refractivity contribution in [3.05, 3.63) is 77.5 Å². The maximum Gasteiger partial charge on any atom is 0.270 e. The largest absolute Gasteiger partial charge is 0.333 e. The third-order valence-electron chi connectivity index (χ3n) is 4.15. The van der Waals surface area contributed by atoms with Gasteiger partial charge in [0.05, 0.1) is 5.69 Å². The van der Waals surface area contributed by atoms with Crippen molar-refractivity contribution in [3.63, 3.8) is 0 Å². The molecule has 4 rings (SSSR count). The standard InChI is InChI=1S/C22H18N4O2S/c1-14-7-6-10-17(13-14)20-25-21(28-26-20)19-15(2)23-22(29-19)24-18(27)12-11-16-8-4-3-5-9-16/h3-13H,1-2H3,(H,23,24,27)/b12-11+. The zero-order valence-electron chi connectivity index (χ0n) is 15.9. The molecule has 0 atom stereocenters. The second-order valence-corrected chi connectivity index (χ2v) is 7.46. The Morgan fingerprint density at radius 1 is 1.07 bits per heavy atom. The molecule has 0 bridgehead atoms. The average Bonchev–Trinajstić information content (AvgIpc) is 3.34. The summed E-state index contributed by atoms with van der Waals surface area (Å²) in [6.07, 6.45) is 3.23. The van der Waals surface area contributed by atoms with Gasteiger partial charge < -0.3 is 4.52 Å². The molecule has 0 fully saturated rings. The van der Waals surface area contributed by atoms with E-state index in [0.29, 0.717) is 16.8 Å². The third kappa shape index (κ3) is 4.47. The Hall–Kier alpha value is -3.58. The van der Waals surface area contributed by atoms with E-state index in [1.54, 1.807) is 6.08 Å². The molecule has 2 heterocycles. The van der Waals surface area contributed by atoms with Crippen molar-refractivity contribution >= 4 is 28.5 Å². The molecular formula is C22H18N4O2S. The van der Waals surface area contributed by atoms with Gasteiger partial charge in [0, 0.05) is 11.6 Å². The Morgan fingerprint density at radius 2 is 1.90 bits per heavy atom. The highest BCUT2D eigenvalue weighted by Gasteiger charge is 2.18. The Bertz CT molecular complexity index is 1180. The van der Waals surface area contributed by atoms with Gasteiger partial charge in [-0.2, -0.15) is 4.98 Å². The van der Waals surface area contributed by atoms with E-state index < -0.39 is 0 Å².